The van der Waals surface area contributed by atoms with E-state index < -0.39 is 11.9 Å². The third-order valence-electron chi connectivity index (χ3n) is 2.43. The number of carbonyl (C=O) groups excluding carboxylic acids is 1. The number of halogens is 1. The summed E-state index contributed by atoms with van der Waals surface area (Å²) < 4.78 is 13.2. The van der Waals surface area contributed by atoms with Crippen molar-refractivity contribution >= 4 is 5.91 Å². The second-order valence-electron chi connectivity index (χ2n) is 3.74. The molecule has 0 aliphatic rings. The number of nitrogens with one attached hydrogen (secondary N) is 2. The summed E-state index contributed by atoms with van der Waals surface area (Å²) in [6.45, 7) is 0.466. The molecule has 0 saturated carbocycles. The third-order valence-corrected chi connectivity index (χ3v) is 2.43. The smallest absolute Gasteiger partial charge is 0.255 e. The first-order valence-electron chi connectivity index (χ1n) is 5.64. The Hall–Kier alpha value is -2.24. The molecule has 2 N–H and O–H groups in total. The number of hydrogen-bond donors (Lipinski definition) is 2. The van der Waals surface area contributed by atoms with Gasteiger partial charge in [-0.2, -0.15) is 4.39 Å². The number of aromatic amines is 1. The van der Waals surface area contributed by atoms with Crippen LogP contribution in [0.1, 0.15) is 22.6 Å². The van der Waals surface area contributed by atoms with Crippen molar-refractivity contribution in [3.63, 3.8) is 0 Å². The van der Waals surface area contributed by atoms with E-state index in [4.69, 9.17) is 0 Å². The molecule has 0 saturated heterocycles. The molecule has 2 rings (SSSR count). The number of nitrogens with zero attached hydrogens (tertiary/aromatic N) is 2. The van der Waals surface area contributed by atoms with Crippen molar-refractivity contribution in [3.8, 4) is 0 Å². The number of H-pyrrole nitrogens is 1. The van der Waals surface area contributed by atoms with Crippen LogP contribution < -0.4 is 5.32 Å². The molecule has 0 aliphatic carbocycles. The van der Waals surface area contributed by atoms with Crippen LogP contribution >= 0.6 is 0 Å². The quantitative estimate of drug-likeness (QED) is 0.619. The first-order valence-corrected chi connectivity index (χ1v) is 5.64. The number of aromatic nitrogens is 3. The SMILES string of the molecule is O=C(NCCCc1ncc[nH]1)c1cccnc1F. The van der Waals surface area contributed by atoms with E-state index in [2.05, 4.69) is 20.3 Å². The standard InChI is InChI=1S/C12H13FN4O/c13-11-9(3-1-5-16-11)12(18)17-6-2-4-10-14-7-8-15-10/h1,3,5,7-8H,2,4,6H2,(H,14,15)(H,17,18). The summed E-state index contributed by atoms with van der Waals surface area (Å²) in [6, 6.07) is 2.94. The molecule has 0 fully saturated rings. The van der Waals surface area contributed by atoms with Gasteiger partial charge in [0.1, 0.15) is 5.82 Å². The summed E-state index contributed by atoms with van der Waals surface area (Å²) in [4.78, 5) is 22.1. The molecule has 0 aromatic carbocycles. The highest BCUT2D eigenvalue weighted by molar-refractivity contribution is 5.94. The van der Waals surface area contributed by atoms with Crippen molar-refractivity contribution in [2.45, 2.75) is 12.8 Å². The van der Waals surface area contributed by atoms with Crippen molar-refractivity contribution in [2.24, 2.45) is 0 Å². The van der Waals surface area contributed by atoms with Gasteiger partial charge in [0.15, 0.2) is 0 Å². The Morgan fingerprint density at radius 3 is 3.00 bits per heavy atom. The lowest BCUT2D eigenvalue weighted by Crippen LogP contribution is -2.26. The Morgan fingerprint density at radius 1 is 1.39 bits per heavy atom. The van der Waals surface area contributed by atoms with Crippen LogP contribution in [0.3, 0.4) is 0 Å². The van der Waals surface area contributed by atoms with Crippen LogP contribution in [0.25, 0.3) is 0 Å². The van der Waals surface area contributed by atoms with Gasteiger partial charge in [0.05, 0.1) is 5.56 Å². The summed E-state index contributed by atoms with van der Waals surface area (Å²) in [5.74, 6) is -0.321. The predicted molar refractivity (Wildman–Crippen MR) is 63.4 cm³/mol. The Bertz CT molecular complexity index is 513. The first kappa shape index (κ1) is 12.2. The molecule has 0 atom stereocenters. The Labute approximate surface area is 103 Å². The van der Waals surface area contributed by atoms with Crippen molar-refractivity contribution < 1.29 is 9.18 Å². The topological polar surface area (TPSA) is 70.7 Å². The summed E-state index contributed by atoms with van der Waals surface area (Å²) in [5, 5.41) is 2.64. The predicted octanol–water partition coefficient (Wildman–Crippen LogP) is 1.31. The molecule has 18 heavy (non-hydrogen) atoms. The summed E-state index contributed by atoms with van der Waals surface area (Å²) in [7, 11) is 0. The number of rotatable bonds is 5. The molecule has 0 radical (unpaired) electrons. The van der Waals surface area contributed by atoms with Gasteiger partial charge in [-0.3, -0.25) is 4.79 Å². The van der Waals surface area contributed by atoms with Gasteiger partial charge in [0, 0.05) is 31.6 Å². The van der Waals surface area contributed by atoms with Crippen molar-refractivity contribution in [2.75, 3.05) is 6.54 Å². The molecule has 2 aromatic heterocycles. The zero-order valence-electron chi connectivity index (χ0n) is 9.69. The lowest BCUT2D eigenvalue weighted by atomic mass is 10.2. The summed E-state index contributed by atoms with van der Waals surface area (Å²) >= 11 is 0. The van der Waals surface area contributed by atoms with Crippen molar-refractivity contribution in [1.82, 2.24) is 20.3 Å². The van der Waals surface area contributed by atoms with Crippen molar-refractivity contribution in [3.05, 3.63) is 48.1 Å². The van der Waals surface area contributed by atoms with Gasteiger partial charge in [-0.15, -0.1) is 0 Å². The highest BCUT2D eigenvalue weighted by atomic mass is 19.1. The molecular weight excluding hydrogens is 235 g/mol. The molecule has 5 nitrogen and oxygen atoms in total. The van der Waals surface area contributed by atoms with Crippen LogP contribution in [0, 0.1) is 5.95 Å². The van der Waals surface area contributed by atoms with E-state index in [1.807, 2.05) is 0 Å². The fourth-order valence-corrected chi connectivity index (χ4v) is 1.54. The largest absolute Gasteiger partial charge is 0.352 e. The van der Waals surface area contributed by atoms with E-state index >= 15 is 0 Å². The van der Waals surface area contributed by atoms with Gasteiger partial charge in [-0.25, -0.2) is 9.97 Å². The van der Waals surface area contributed by atoms with Crippen LogP contribution in [0.15, 0.2) is 30.7 Å². The van der Waals surface area contributed by atoms with Gasteiger partial charge in [0.2, 0.25) is 5.95 Å². The van der Waals surface area contributed by atoms with Gasteiger partial charge >= 0.3 is 0 Å². The molecule has 94 valence electrons. The zero-order chi connectivity index (χ0) is 12.8. The minimum Gasteiger partial charge on any atom is -0.352 e. The number of hydrogen-bond acceptors (Lipinski definition) is 3. The highest BCUT2D eigenvalue weighted by Crippen LogP contribution is 2.02. The van der Waals surface area contributed by atoms with E-state index in [9.17, 15) is 9.18 Å². The summed E-state index contributed by atoms with van der Waals surface area (Å²) in [6.07, 6.45) is 6.21. The van der Waals surface area contributed by atoms with E-state index in [0.717, 1.165) is 18.7 Å². The number of aryl methyl sites for hydroxylation is 1. The fraction of sp³-hybridized carbons (Fsp3) is 0.250. The molecule has 0 aliphatic heterocycles. The van der Waals surface area contributed by atoms with Crippen LogP contribution in [-0.4, -0.2) is 27.4 Å². The monoisotopic (exact) mass is 248 g/mol. The van der Waals surface area contributed by atoms with Crippen LogP contribution in [0.4, 0.5) is 4.39 Å². The number of pyridine rings is 1. The van der Waals surface area contributed by atoms with Crippen LogP contribution in [-0.2, 0) is 6.42 Å². The molecule has 6 heteroatoms. The van der Waals surface area contributed by atoms with Gasteiger partial charge in [0.25, 0.3) is 5.91 Å². The molecular formula is C12H13FN4O. The van der Waals surface area contributed by atoms with Crippen LogP contribution in [0.2, 0.25) is 0 Å². The number of carbonyl (C=O) groups is 1. The second-order valence-corrected chi connectivity index (χ2v) is 3.74. The second kappa shape index (κ2) is 5.90. The molecule has 2 heterocycles. The highest BCUT2D eigenvalue weighted by Gasteiger charge is 2.10. The Balaban J connectivity index is 1.77. The molecule has 0 spiro atoms. The van der Waals surface area contributed by atoms with Gasteiger partial charge in [-0.1, -0.05) is 0 Å². The van der Waals surface area contributed by atoms with E-state index in [1.54, 1.807) is 12.4 Å². The average Bonchev–Trinajstić information content (AvgIpc) is 2.88. The Morgan fingerprint density at radius 2 is 2.28 bits per heavy atom. The summed E-state index contributed by atoms with van der Waals surface area (Å²) in [5.41, 5.74) is -0.0319. The fourth-order valence-electron chi connectivity index (χ4n) is 1.54. The first-order chi connectivity index (χ1) is 8.77. The lowest BCUT2D eigenvalue weighted by molar-refractivity contribution is 0.0948. The van der Waals surface area contributed by atoms with Crippen molar-refractivity contribution in [1.29, 1.82) is 0 Å². The third kappa shape index (κ3) is 3.13. The normalized spacial score (nSPS) is 10.3. The lowest BCUT2D eigenvalue weighted by Gasteiger charge is -2.04. The maximum atomic E-state index is 13.2. The zero-order valence-corrected chi connectivity index (χ0v) is 9.69. The van der Waals surface area contributed by atoms with E-state index in [0.29, 0.717) is 6.54 Å². The minimum absolute atomic E-state index is 0.0319. The van der Waals surface area contributed by atoms with Gasteiger partial charge < -0.3 is 10.3 Å². The molecule has 2 aromatic rings. The maximum absolute atomic E-state index is 13.2. The molecule has 1 amide bonds. The Kier molecular flexibility index (Phi) is 4.01. The number of imidazole rings is 1. The average molecular weight is 248 g/mol. The van der Waals surface area contributed by atoms with E-state index in [-0.39, 0.29) is 5.56 Å². The number of amides is 1. The van der Waals surface area contributed by atoms with E-state index in [1.165, 1.54) is 18.3 Å². The molecule has 0 bridgehead atoms. The van der Waals surface area contributed by atoms with Crippen LogP contribution in [0.5, 0.6) is 0 Å². The maximum Gasteiger partial charge on any atom is 0.255 e. The molecule has 0 unspecified atom stereocenters. The van der Waals surface area contributed by atoms with Gasteiger partial charge in [-0.05, 0) is 18.6 Å². The minimum atomic E-state index is -0.749.